The van der Waals surface area contributed by atoms with Crippen molar-refractivity contribution in [3.8, 4) is 0 Å². The molecule has 2 aromatic carbocycles. The van der Waals surface area contributed by atoms with E-state index in [0.29, 0.717) is 10.7 Å². The highest BCUT2D eigenvalue weighted by molar-refractivity contribution is 6.33. The molecule has 6 nitrogen and oxygen atoms in total. The lowest BCUT2D eigenvalue weighted by atomic mass is 10.1. The fourth-order valence-corrected chi connectivity index (χ4v) is 3.50. The molecule has 1 N–H and O–H groups in total. The number of hydrogen-bond acceptors (Lipinski definition) is 4. The zero-order chi connectivity index (χ0) is 20.3. The number of amides is 2. The van der Waals surface area contributed by atoms with Gasteiger partial charge in [-0.05, 0) is 37.1 Å². The SMILES string of the molecule is Cc1cccc(C)c1N1C[C@@H](C(=O)OCC(=O)Nc2ccccc2Cl)CC1=O. The van der Waals surface area contributed by atoms with Crippen molar-refractivity contribution in [3.05, 3.63) is 58.6 Å². The van der Waals surface area contributed by atoms with Gasteiger partial charge < -0.3 is 15.0 Å². The van der Waals surface area contributed by atoms with Crippen molar-refractivity contribution in [1.82, 2.24) is 0 Å². The first-order valence-electron chi connectivity index (χ1n) is 8.94. The standard InChI is InChI=1S/C21H21ClN2O4/c1-13-6-5-7-14(2)20(13)24-11-15(10-19(24)26)21(27)28-12-18(25)23-17-9-4-3-8-16(17)22/h3-9,15H,10-12H2,1-2H3,(H,23,25)/t15-/m0/s1. The van der Waals surface area contributed by atoms with E-state index in [0.717, 1.165) is 16.8 Å². The number of halogens is 1. The number of ether oxygens (including phenoxy) is 1. The number of nitrogens with zero attached hydrogens (tertiary/aromatic N) is 1. The smallest absolute Gasteiger partial charge is 0.311 e. The van der Waals surface area contributed by atoms with Gasteiger partial charge in [-0.3, -0.25) is 14.4 Å². The molecule has 0 radical (unpaired) electrons. The number of rotatable bonds is 5. The van der Waals surface area contributed by atoms with Gasteiger partial charge in [-0.1, -0.05) is 41.9 Å². The summed E-state index contributed by atoms with van der Waals surface area (Å²) in [5.74, 6) is -1.77. The van der Waals surface area contributed by atoms with Crippen LogP contribution in [0, 0.1) is 19.8 Å². The molecule has 0 unspecified atom stereocenters. The number of para-hydroxylation sites is 2. The number of anilines is 2. The van der Waals surface area contributed by atoms with Crippen molar-refractivity contribution in [3.63, 3.8) is 0 Å². The normalized spacial score (nSPS) is 16.2. The van der Waals surface area contributed by atoms with Crippen LogP contribution < -0.4 is 10.2 Å². The van der Waals surface area contributed by atoms with E-state index < -0.39 is 24.4 Å². The number of nitrogens with one attached hydrogen (secondary N) is 1. The first-order valence-corrected chi connectivity index (χ1v) is 9.32. The van der Waals surface area contributed by atoms with Gasteiger partial charge in [0.2, 0.25) is 5.91 Å². The highest BCUT2D eigenvalue weighted by Crippen LogP contribution is 2.31. The number of esters is 1. The van der Waals surface area contributed by atoms with Gasteiger partial charge >= 0.3 is 5.97 Å². The summed E-state index contributed by atoms with van der Waals surface area (Å²) in [5, 5.41) is 2.99. The molecule has 0 spiro atoms. The van der Waals surface area contributed by atoms with Crippen LogP contribution in [-0.2, 0) is 19.1 Å². The summed E-state index contributed by atoms with van der Waals surface area (Å²) in [6.07, 6.45) is 0.0682. The van der Waals surface area contributed by atoms with Crippen LogP contribution in [-0.4, -0.2) is 30.9 Å². The molecule has 0 bridgehead atoms. The average molecular weight is 401 g/mol. The van der Waals surface area contributed by atoms with E-state index in [2.05, 4.69) is 5.32 Å². The first kappa shape index (κ1) is 19.9. The maximum absolute atomic E-state index is 12.4. The summed E-state index contributed by atoms with van der Waals surface area (Å²) in [5.41, 5.74) is 3.23. The van der Waals surface area contributed by atoms with Crippen LogP contribution in [0.2, 0.25) is 5.02 Å². The topological polar surface area (TPSA) is 75.7 Å². The maximum Gasteiger partial charge on any atom is 0.311 e. The minimum Gasteiger partial charge on any atom is -0.455 e. The number of benzene rings is 2. The van der Waals surface area contributed by atoms with Crippen LogP contribution in [0.5, 0.6) is 0 Å². The summed E-state index contributed by atoms with van der Waals surface area (Å²) in [6.45, 7) is 3.67. The van der Waals surface area contributed by atoms with Crippen LogP contribution >= 0.6 is 11.6 Å². The van der Waals surface area contributed by atoms with Gasteiger partial charge in [0.15, 0.2) is 6.61 Å². The Hall–Kier alpha value is -2.86. The lowest BCUT2D eigenvalue weighted by molar-refractivity contribution is -0.151. The van der Waals surface area contributed by atoms with Crippen LogP contribution in [0.3, 0.4) is 0 Å². The lowest BCUT2D eigenvalue weighted by Gasteiger charge is -2.21. The van der Waals surface area contributed by atoms with Crippen molar-refractivity contribution in [2.45, 2.75) is 20.3 Å². The van der Waals surface area contributed by atoms with Gasteiger partial charge in [0, 0.05) is 18.7 Å². The van der Waals surface area contributed by atoms with Gasteiger partial charge in [0.05, 0.1) is 16.6 Å². The molecule has 7 heteroatoms. The van der Waals surface area contributed by atoms with Crippen molar-refractivity contribution >= 4 is 40.8 Å². The van der Waals surface area contributed by atoms with Crippen molar-refractivity contribution in [2.75, 3.05) is 23.4 Å². The predicted molar refractivity (Wildman–Crippen MR) is 107 cm³/mol. The zero-order valence-electron chi connectivity index (χ0n) is 15.7. The van der Waals surface area contributed by atoms with Gasteiger partial charge in [0.25, 0.3) is 5.91 Å². The molecule has 1 atom stereocenters. The molecular weight excluding hydrogens is 380 g/mol. The third-order valence-electron chi connectivity index (χ3n) is 4.66. The largest absolute Gasteiger partial charge is 0.455 e. The highest BCUT2D eigenvalue weighted by Gasteiger charge is 2.37. The Kier molecular flexibility index (Phi) is 5.99. The van der Waals surface area contributed by atoms with Gasteiger partial charge in [-0.25, -0.2) is 0 Å². The number of aryl methyl sites for hydroxylation is 2. The predicted octanol–water partition coefficient (Wildman–Crippen LogP) is 3.49. The van der Waals surface area contributed by atoms with Crippen molar-refractivity contribution in [2.24, 2.45) is 5.92 Å². The molecule has 3 rings (SSSR count). The quantitative estimate of drug-likeness (QED) is 0.779. The van der Waals surface area contributed by atoms with Crippen LogP contribution in [0.4, 0.5) is 11.4 Å². The van der Waals surface area contributed by atoms with E-state index in [9.17, 15) is 14.4 Å². The Morgan fingerprint density at radius 1 is 1.14 bits per heavy atom. The van der Waals surface area contributed by atoms with Crippen LogP contribution in [0.15, 0.2) is 42.5 Å². The maximum atomic E-state index is 12.4. The van der Waals surface area contributed by atoms with E-state index in [-0.39, 0.29) is 18.9 Å². The summed E-state index contributed by atoms with van der Waals surface area (Å²) in [4.78, 5) is 38.4. The molecule has 0 aliphatic carbocycles. The van der Waals surface area contributed by atoms with E-state index in [1.165, 1.54) is 0 Å². The monoisotopic (exact) mass is 400 g/mol. The first-order chi connectivity index (χ1) is 13.4. The summed E-state index contributed by atoms with van der Waals surface area (Å²) >= 11 is 5.98. The van der Waals surface area contributed by atoms with E-state index >= 15 is 0 Å². The molecule has 0 aromatic heterocycles. The second-order valence-electron chi connectivity index (χ2n) is 6.78. The lowest BCUT2D eigenvalue weighted by Crippen LogP contribution is -2.29. The van der Waals surface area contributed by atoms with Crippen LogP contribution in [0.25, 0.3) is 0 Å². The molecule has 1 aliphatic heterocycles. The van der Waals surface area contributed by atoms with Crippen molar-refractivity contribution < 1.29 is 19.1 Å². The minimum atomic E-state index is -0.598. The van der Waals surface area contributed by atoms with E-state index in [1.807, 2.05) is 32.0 Å². The third kappa shape index (κ3) is 4.34. The molecule has 1 saturated heterocycles. The summed E-state index contributed by atoms with van der Waals surface area (Å²) in [6, 6.07) is 12.6. The van der Waals surface area contributed by atoms with E-state index in [4.69, 9.17) is 16.3 Å². The molecule has 28 heavy (non-hydrogen) atoms. The highest BCUT2D eigenvalue weighted by atomic mass is 35.5. The molecule has 1 fully saturated rings. The second-order valence-corrected chi connectivity index (χ2v) is 7.19. The fraction of sp³-hybridized carbons (Fsp3) is 0.286. The Bertz CT molecular complexity index is 908. The molecule has 2 amide bonds. The molecule has 0 saturated carbocycles. The number of carbonyl (C=O) groups excluding carboxylic acids is 3. The fourth-order valence-electron chi connectivity index (χ4n) is 3.32. The van der Waals surface area contributed by atoms with E-state index in [1.54, 1.807) is 29.2 Å². The zero-order valence-corrected chi connectivity index (χ0v) is 16.5. The van der Waals surface area contributed by atoms with Gasteiger partial charge in [-0.15, -0.1) is 0 Å². The number of hydrogen-bond donors (Lipinski definition) is 1. The second kappa shape index (κ2) is 8.44. The van der Waals surface area contributed by atoms with Gasteiger partial charge in [-0.2, -0.15) is 0 Å². The minimum absolute atomic E-state index is 0.0682. The number of carbonyl (C=O) groups is 3. The summed E-state index contributed by atoms with van der Waals surface area (Å²) in [7, 11) is 0. The molecule has 146 valence electrons. The molecule has 1 aliphatic rings. The summed E-state index contributed by atoms with van der Waals surface area (Å²) < 4.78 is 5.12. The van der Waals surface area contributed by atoms with Crippen molar-refractivity contribution in [1.29, 1.82) is 0 Å². The van der Waals surface area contributed by atoms with Gasteiger partial charge in [0.1, 0.15) is 0 Å². The average Bonchev–Trinajstić information content (AvgIpc) is 3.03. The molecule has 2 aromatic rings. The Balaban J connectivity index is 1.58. The Morgan fingerprint density at radius 3 is 2.50 bits per heavy atom. The third-order valence-corrected chi connectivity index (χ3v) is 4.99. The molecular formula is C21H21ClN2O4. The van der Waals surface area contributed by atoms with Crippen LogP contribution in [0.1, 0.15) is 17.5 Å². The Morgan fingerprint density at radius 2 is 1.82 bits per heavy atom. The molecule has 1 heterocycles. The Labute approximate surface area is 168 Å².